The molecule has 126 valence electrons. The lowest BCUT2D eigenvalue weighted by Gasteiger charge is -2.22. The molecule has 5 nitrogen and oxygen atoms in total. The van der Waals surface area contributed by atoms with E-state index in [0.717, 1.165) is 11.3 Å². The molecule has 1 unspecified atom stereocenters. The van der Waals surface area contributed by atoms with Crippen LogP contribution in [0, 0.1) is 24.2 Å². The summed E-state index contributed by atoms with van der Waals surface area (Å²) < 4.78 is 5.29. The number of Topliss-reactive ketones (excluding diaryl/α,β-unsaturated/α-hetero) is 1. The lowest BCUT2D eigenvalue weighted by Crippen LogP contribution is -2.28. The third-order valence-corrected chi connectivity index (χ3v) is 4.50. The number of para-hydroxylation sites is 2. The number of hydrogen-bond donors (Lipinski definition) is 1. The normalized spacial score (nSPS) is 16.7. The van der Waals surface area contributed by atoms with Crippen molar-refractivity contribution in [1.29, 1.82) is 5.26 Å². The van der Waals surface area contributed by atoms with Crippen LogP contribution < -0.4 is 15.4 Å². The van der Waals surface area contributed by atoms with Crippen molar-refractivity contribution in [3.63, 3.8) is 0 Å². The molecule has 1 atom stereocenters. The standard InChI is InChI=1S/C20H19N3O2/c1-13-7-3-5-9-17(13)23-12-16(15(11-21)20(23)22)19(24)14-8-4-6-10-18(14)25-2/h3-10,16H,12,22H2,1-2H3. The smallest absolute Gasteiger partial charge is 0.176 e. The zero-order chi connectivity index (χ0) is 18.0. The summed E-state index contributed by atoms with van der Waals surface area (Å²) in [6.07, 6.45) is 0. The van der Waals surface area contributed by atoms with Gasteiger partial charge in [-0.1, -0.05) is 30.3 Å². The second kappa shape index (κ2) is 6.70. The minimum Gasteiger partial charge on any atom is -0.496 e. The van der Waals surface area contributed by atoms with Crippen molar-refractivity contribution in [3.8, 4) is 11.8 Å². The Bertz CT molecular complexity index is 896. The lowest BCUT2D eigenvalue weighted by molar-refractivity contribution is 0.0945. The lowest BCUT2D eigenvalue weighted by atomic mass is 9.92. The fourth-order valence-corrected chi connectivity index (χ4v) is 3.18. The number of ketones is 1. The van der Waals surface area contributed by atoms with Crippen molar-refractivity contribution in [3.05, 3.63) is 71.1 Å². The Morgan fingerprint density at radius 2 is 1.92 bits per heavy atom. The summed E-state index contributed by atoms with van der Waals surface area (Å²) in [6, 6.07) is 16.9. The molecule has 0 aromatic heterocycles. The topological polar surface area (TPSA) is 79.3 Å². The van der Waals surface area contributed by atoms with Gasteiger partial charge in [-0.15, -0.1) is 0 Å². The number of benzene rings is 2. The summed E-state index contributed by atoms with van der Waals surface area (Å²) in [6.45, 7) is 2.32. The highest BCUT2D eigenvalue weighted by Gasteiger charge is 2.37. The van der Waals surface area contributed by atoms with E-state index in [1.807, 2.05) is 36.1 Å². The van der Waals surface area contributed by atoms with Crippen LogP contribution in [0.2, 0.25) is 0 Å². The van der Waals surface area contributed by atoms with Crippen molar-refractivity contribution < 1.29 is 9.53 Å². The van der Waals surface area contributed by atoms with Crippen molar-refractivity contribution >= 4 is 11.5 Å². The Hall–Kier alpha value is -3.26. The summed E-state index contributed by atoms with van der Waals surface area (Å²) in [5.41, 5.74) is 8.92. The summed E-state index contributed by atoms with van der Waals surface area (Å²) in [5.74, 6) is 0.0664. The monoisotopic (exact) mass is 333 g/mol. The van der Waals surface area contributed by atoms with Crippen molar-refractivity contribution in [1.82, 2.24) is 0 Å². The number of rotatable bonds is 4. The maximum atomic E-state index is 13.1. The molecular formula is C20H19N3O2. The molecule has 0 bridgehead atoms. The molecular weight excluding hydrogens is 314 g/mol. The van der Waals surface area contributed by atoms with Crippen LogP contribution in [-0.2, 0) is 0 Å². The van der Waals surface area contributed by atoms with Crippen molar-refractivity contribution in [2.24, 2.45) is 11.7 Å². The highest BCUT2D eigenvalue weighted by molar-refractivity contribution is 6.03. The quantitative estimate of drug-likeness (QED) is 0.870. The Labute approximate surface area is 146 Å². The van der Waals surface area contributed by atoms with Gasteiger partial charge in [0.2, 0.25) is 0 Å². The average Bonchev–Trinajstić information content (AvgIpc) is 2.97. The minimum atomic E-state index is -0.610. The molecule has 5 heteroatoms. The summed E-state index contributed by atoms with van der Waals surface area (Å²) in [7, 11) is 1.52. The maximum absolute atomic E-state index is 13.1. The van der Waals surface area contributed by atoms with Gasteiger partial charge >= 0.3 is 0 Å². The van der Waals surface area contributed by atoms with Gasteiger partial charge < -0.3 is 15.4 Å². The third-order valence-electron chi connectivity index (χ3n) is 4.50. The van der Waals surface area contributed by atoms with Gasteiger partial charge in [0.05, 0.1) is 30.2 Å². The van der Waals surface area contributed by atoms with Gasteiger partial charge in [0.15, 0.2) is 5.78 Å². The SMILES string of the molecule is COc1ccccc1C(=O)C1CN(c2ccccc2C)C(N)=C1C#N. The van der Waals surface area contributed by atoms with Gasteiger partial charge in [-0.05, 0) is 30.7 Å². The Morgan fingerprint density at radius 1 is 1.24 bits per heavy atom. The summed E-state index contributed by atoms with van der Waals surface area (Å²) in [4.78, 5) is 14.9. The number of methoxy groups -OCH3 is 1. The van der Waals surface area contributed by atoms with Crippen molar-refractivity contribution in [2.75, 3.05) is 18.6 Å². The zero-order valence-electron chi connectivity index (χ0n) is 14.2. The van der Waals surface area contributed by atoms with Crippen LogP contribution in [0.1, 0.15) is 15.9 Å². The van der Waals surface area contributed by atoms with E-state index in [2.05, 4.69) is 6.07 Å². The van der Waals surface area contributed by atoms with Gasteiger partial charge in [0.25, 0.3) is 0 Å². The first kappa shape index (κ1) is 16.6. The molecule has 0 amide bonds. The number of ether oxygens (including phenoxy) is 1. The molecule has 0 radical (unpaired) electrons. The van der Waals surface area contributed by atoms with Crippen molar-refractivity contribution in [2.45, 2.75) is 6.92 Å². The number of carbonyl (C=O) groups excluding carboxylic acids is 1. The Balaban J connectivity index is 2.00. The molecule has 25 heavy (non-hydrogen) atoms. The van der Waals surface area contributed by atoms with E-state index in [1.54, 1.807) is 24.3 Å². The molecule has 1 heterocycles. The second-order valence-electron chi connectivity index (χ2n) is 5.92. The van der Waals surface area contributed by atoms with E-state index in [-0.39, 0.29) is 5.78 Å². The van der Waals surface area contributed by atoms with Crippen LogP contribution in [0.4, 0.5) is 5.69 Å². The van der Waals surface area contributed by atoms with Crippen LogP contribution in [0.3, 0.4) is 0 Å². The number of nitrogens with zero attached hydrogens (tertiary/aromatic N) is 2. The number of nitrogens with two attached hydrogens (primary N) is 1. The van der Waals surface area contributed by atoms with E-state index in [0.29, 0.717) is 29.3 Å². The van der Waals surface area contributed by atoms with Gasteiger partial charge in [-0.2, -0.15) is 5.26 Å². The molecule has 0 saturated carbocycles. The zero-order valence-corrected chi connectivity index (χ0v) is 14.2. The Kier molecular flexibility index (Phi) is 4.44. The number of nitriles is 1. The van der Waals surface area contributed by atoms with E-state index in [1.165, 1.54) is 7.11 Å². The Morgan fingerprint density at radius 3 is 2.60 bits per heavy atom. The number of anilines is 1. The second-order valence-corrected chi connectivity index (χ2v) is 5.92. The summed E-state index contributed by atoms with van der Waals surface area (Å²) in [5, 5.41) is 9.57. The van der Waals surface area contributed by atoms with Crippen LogP contribution in [-0.4, -0.2) is 19.4 Å². The molecule has 1 aliphatic heterocycles. The fraction of sp³-hybridized carbons (Fsp3) is 0.200. The molecule has 0 aliphatic carbocycles. The minimum absolute atomic E-state index is 0.159. The van der Waals surface area contributed by atoms with Gasteiger partial charge in [0, 0.05) is 12.2 Å². The number of carbonyl (C=O) groups is 1. The molecule has 0 spiro atoms. The molecule has 0 saturated heterocycles. The highest BCUT2D eigenvalue weighted by atomic mass is 16.5. The maximum Gasteiger partial charge on any atom is 0.176 e. The fourth-order valence-electron chi connectivity index (χ4n) is 3.18. The van der Waals surface area contributed by atoms with Gasteiger partial charge in [-0.3, -0.25) is 4.79 Å². The van der Waals surface area contributed by atoms with Gasteiger partial charge in [-0.25, -0.2) is 0 Å². The number of aryl methyl sites for hydroxylation is 1. The van der Waals surface area contributed by atoms with E-state index >= 15 is 0 Å². The van der Waals surface area contributed by atoms with Gasteiger partial charge in [0.1, 0.15) is 11.6 Å². The van der Waals surface area contributed by atoms with E-state index in [9.17, 15) is 10.1 Å². The van der Waals surface area contributed by atoms with E-state index in [4.69, 9.17) is 10.5 Å². The molecule has 2 N–H and O–H groups in total. The van der Waals surface area contributed by atoms with Crippen LogP contribution in [0.15, 0.2) is 59.9 Å². The molecule has 1 aliphatic rings. The molecule has 2 aromatic rings. The largest absolute Gasteiger partial charge is 0.496 e. The van der Waals surface area contributed by atoms with E-state index < -0.39 is 5.92 Å². The first-order valence-corrected chi connectivity index (χ1v) is 7.98. The third kappa shape index (κ3) is 2.83. The predicted octanol–water partition coefficient (Wildman–Crippen LogP) is 3.02. The van der Waals surface area contributed by atoms with Crippen LogP contribution in [0.25, 0.3) is 0 Å². The predicted molar refractivity (Wildman–Crippen MR) is 96.2 cm³/mol. The molecule has 3 rings (SSSR count). The summed E-state index contributed by atoms with van der Waals surface area (Å²) >= 11 is 0. The number of hydrogen-bond acceptors (Lipinski definition) is 5. The van der Waals surface area contributed by atoms with Crippen LogP contribution >= 0.6 is 0 Å². The first-order chi connectivity index (χ1) is 12.1. The average molecular weight is 333 g/mol. The highest BCUT2D eigenvalue weighted by Crippen LogP contribution is 2.35. The molecule has 0 fully saturated rings. The van der Waals surface area contributed by atoms with Crippen LogP contribution in [0.5, 0.6) is 5.75 Å². The first-order valence-electron chi connectivity index (χ1n) is 7.98. The molecule has 2 aromatic carbocycles.